The molecule has 0 spiro atoms. The largest absolute Gasteiger partial charge is 0.480 e. The van der Waals surface area contributed by atoms with Crippen molar-refractivity contribution in [2.45, 2.75) is 90.5 Å². The second-order valence-electron chi connectivity index (χ2n) is 17.2. The van der Waals surface area contributed by atoms with Gasteiger partial charge >= 0.3 is 19.5 Å². The first kappa shape index (κ1) is 54.1. The Morgan fingerprint density at radius 2 is 1.17 bits per heavy atom. The third kappa shape index (κ3) is 15.3. The third-order valence-corrected chi connectivity index (χ3v) is 13.4. The van der Waals surface area contributed by atoms with Crippen LogP contribution in [-0.4, -0.2) is 93.3 Å². The first-order valence-electron chi connectivity index (χ1n) is 22.6. The van der Waals surface area contributed by atoms with Gasteiger partial charge in [-0.1, -0.05) is 38.1 Å². The SMILES string of the molecule is C#CCC(Cc1cnc2nc(N)nc(N)c2n1)c1ccc(C(=O)N[C@@H](CC(C)(C)CCCP(=O)(OCC)OCC)C(=O)O)cc1.C#CCC(Cc1cnc2nc(N)nc(N)c2n1)c1ccc(C(=O)O)cc1. The van der Waals surface area contributed by atoms with Crippen molar-refractivity contribution in [3.05, 3.63) is 94.6 Å². The van der Waals surface area contributed by atoms with Gasteiger partial charge in [0.1, 0.15) is 6.04 Å². The Morgan fingerprint density at radius 1 is 0.718 bits per heavy atom. The highest BCUT2D eigenvalue weighted by atomic mass is 31.2. The number of hydrogen-bond donors (Lipinski definition) is 7. The Balaban J connectivity index is 0.000000304. The number of carboxylic acid groups (broad SMARTS) is 2. The molecule has 22 heteroatoms. The van der Waals surface area contributed by atoms with E-state index in [-0.39, 0.29) is 66.7 Å². The van der Waals surface area contributed by atoms with Crippen molar-refractivity contribution in [3.63, 3.8) is 0 Å². The van der Waals surface area contributed by atoms with Crippen LogP contribution in [0.5, 0.6) is 0 Å². The predicted octanol–water partition coefficient (Wildman–Crippen LogP) is 6.21. The maximum absolute atomic E-state index is 13.1. The minimum absolute atomic E-state index is 0.0125. The van der Waals surface area contributed by atoms with Crippen molar-refractivity contribution in [2.24, 2.45) is 5.41 Å². The third-order valence-electron chi connectivity index (χ3n) is 11.2. The first-order valence-corrected chi connectivity index (χ1v) is 24.3. The molecule has 71 heavy (non-hydrogen) atoms. The van der Waals surface area contributed by atoms with Gasteiger partial charge in [-0.05, 0) is 86.8 Å². The van der Waals surface area contributed by atoms with Gasteiger partial charge in [0.2, 0.25) is 11.9 Å². The van der Waals surface area contributed by atoms with Crippen LogP contribution >= 0.6 is 7.60 Å². The highest BCUT2D eigenvalue weighted by Crippen LogP contribution is 2.49. The molecule has 1 amide bonds. The number of aromatic carboxylic acids is 1. The van der Waals surface area contributed by atoms with Gasteiger partial charge in [-0.3, -0.25) is 9.36 Å². The number of nitrogen functional groups attached to an aromatic ring is 4. The van der Waals surface area contributed by atoms with E-state index in [1.165, 1.54) is 0 Å². The molecule has 0 aliphatic carbocycles. The molecule has 6 rings (SSSR count). The summed E-state index contributed by atoms with van der Waals surface area (Å²) >= 11 is 0. The smallest absolute Gasteiger partial charge is 0.335 e. The van der Waals surface area contributed by atoms with Crippen molar-refractivity contribution in [2.75, 3.05) is 42.3 Å². The van der Waals surface area contributed by atoms with Crippen LogP contribution in [0.15, 0.2) is 60.9 Å². The number of nitrogens with zero attached hydrogens (tertiary/aromatic N) is 8. The second kappa shape index (κ2) is 24.6. The van der Waals surface area contributed by atoms with Crippen LogP contribution in [0.4, 0.5) is 23.5 Å². The fourth-order valence-corrected chi connectivity index (χ4v) is 9.44. The highest BCUT2D eigenvalue weighted by Gasteiger charge is 2.31. The summed E-state index contributed by atoms with van der Waals surface area (Å²) in [4.78, 5) is 69.7. The number of hydrogen-bond acceptors (Lipinski definition) is 18. The molecule has 0 saturated carbocycles. The summed E-state index contributed by atoms with van der Waals surface area (Å²) in [5.74, 6) is 2.90. The number of anilines is 4. The van der Waals surface area contributed by atoms with Crippen molar-refractivity contribution in [1.82, 2.24) is 45.2 Å². The number of rotatable bonds is 22. The number of aromatic nitrogens is 8. The summed E-state index contributed by atoms with van der Waals surface area (Å²) < 4.78 is 23.5. The Morgan fingerprint density at radius 3 is 1.58 bits per heavy atom. The van der Waals surface area contributed by atoms with Gasteiger partial charge in [-0.25, -0.2) is 29.5 Å². The molecule has 2 aromatic carbocycles. The molecule has 11 N–H and O–H groups in total. The zero-order chi connectivity index (χ0) is 51.9. The van der Waals surface area contributed by atoms with Crippen molar-refractivity contribution >= 4 is 71.3 Å². The quantitative estimate of drug-likeness (QED) is 0.0293. The van der Waals surface area contributed by atoms with Crippen LogP contribution in [0, 0.1) is 30.1 Å². The summed E-state index contributed by atoms with van der Waals surface area (Å²) in [5.41, 5.74) is 27.5. The Hall–Kier alpha value is -7.84. The lowest BCUT2D eigenvalue weighted by Gasteiger charge is -2.29. The molecular weight excluding hydrogens is 930 g/mol. The van der Waals surface area contributed by atoms with Gasteiger partial charge in [-0.2, -0.15) is 19.9 Å². The minimum atomic E-state index is -3.19. The maximum atomic E-state index is 13.1. The van der Waals surface area contributed by atoms with E-state index in [1.807, 2.05) is 13.8 Å². The first-order chi connectivity index (χ1) is 33.8. The lowest BCUT2D eigenvalue weighted by Crippen LogP contribution is -2.43. The summed E-state index contributed by atoms with van der Waals surface area (Å²) in [5, 5.41) is 21.6. The topological polar surface area (TPSA) is 346 Å². The van der Waals surface area contributed by atoms with E-state index in [1.54, 1.807) is 74.8 Å². The maximum Gasteiger partial charge on any atom is 0.335 e. The van der Waals surface area contributed by atoms with Gasteiger partial charge in [-0.15, -0.1) is 24.7 Å². The average molecular weight is 988 g/mol. The van der Waals surface area contributed by atoms with Crippen LogP contribution in [0.1, 0.15) is 115 Å². The Bertz CT molecular complexity index is 2970. The average Bonchev–Trinajstić information content (AvgIpc) is 3.31. The lowest BCUT2D eigenvalue weighted by atomic mass is 9.81. The lowest BCUT2D eigenvalue weighted by molar-refractivity contribution is -0.140. The minimum Gasteiger partial charge on any atom is -0.480 e. The van der Waals surface area contributed by atoms with Crippen LogP contribution in [0.3, 0.4) is 0 Å². The number of carbonyl (C=O) groups is 3. The van der Waals surface area contributed by atoms with E-state index in [0.717, 1.165) is 11.1 Å². The standard InChI is InChI=1S/C31H42N7O6P.C18H16N6O2/c1-6-10-22(17-23-19-34-27-25(35-23)26(32)37-30(33)38-27)20-11-13-21(14-12-20)28(39)36-24(29(40)41)18-31(4,5)15-9-16-45(42,43-7-2)44-8-3;1-2-3-12(10-4-6-11(7-5-10)17(25)26)8-13-9-21-16-14(22-13)15(19)23-18(20)24-16/h1,11-14,19,22,24H,7-10,15-18H2,2-5H3,(H,36,39)(H,40,41)(H4,32,33,34,37,38);1,4-7,9,12H,3,8H2,(H,25,26)(H4,19,20,21,23,24)/t22?,24-;/m0./s1. The number of benzene rings is 2. The molecule has 0 aliphatic heterocycles. The molecule has 4 aromatic heterocycles. The van der Waals surface area contributed by atoms with E-state index in [9.17, 15) is 24.1 Å². The molecule has 6 aromatic rings. The number of terminal acetylenes is 2. The highest BCUT2D eigenvalue weighted by molar-refractivity contribution is 7.53. The molecule has 4 heterocycles. The van der Waals surface area contributed by atoms with Crippen molar-refractivity contribution in [3.8, 4) is 24.7 Å². The van der Waals surface area contributed by atoms with Crippen molar-refractivity contribution < 1.29 is 38.2 Å². The Kier molecular flexibility index (Phi) is 18.8. The fraction of sp³-hybridized carbons (Fsp3) is 0.367. The molecule has 3 atom stereocenters. The fourth-order valence-electron chi connectivity index (χ4n) is 7.78. The summed E-state index contributed by atoms with van der Waals surface area (Å²) in [6.07, 6.45) is 17.7. The summed E-state index contributed by atoms with van der Waals surface area (Å²) in [6, 6.07) is 12.4. The predicted molar refractivity (Wildman–Crippen MR) is 270 cm³/mol. The molecule has 0 fully saturated rings. The number of fused-ring (bicyclic) bond motifs is 2. The van der Waals surface area contributed by atoms with E-state index >= 15 is 0 Å². The number of nitrogens with two attached hydrogens (primary N) is 4. The molecule has 0 radical (unpaired) electrons. The van der Waals surface area contributed by atoms with E-state index < -0.39 is 36.9 Å². The second-order valence-corrected chi connectivity index (χ2v) is 19.4. The molecular formula is C49H58N13O8P. The van der Waals surface area contributed by atoms with Gasteiger partial charge in [0.25, 0.3) is 5.91 Å². The van der Waals surface area contributed by atoms with Crippen molar-refractivity contribution in [1.29, 1.82) is 0 Å². The Labute approximate surface area is 411 Å². The monoisotopic (exact) mass is 987 g/mol. The van der Waals surface area contributed by atoms with Gasteiger partial charge < -0.3 is 47.5 Å². The number of nitrogens with one attached hydrogen (secondary N) is 1. The van der Waals surface area contributed by atoms with E-state index in [2.05, 4.69) is 57.0 Å². The normalized spacial score (nSPS) is 12.7. The summed E-state index contributed by atoms with van der Waals surface area (Å²) in [6.45, 7) is 7.90. The number of carboxylic acids is 2. The zero-order valence-electron chi connectivity index (χ0n) is 39.9. The zero-order valence-corrected chi connectivity index (χ0v) is 40.8. The molecule has 0 bridgehead atoms. The molecule has 0 aliphatic rings. The van der Waals surface area contributed by atoms with E-state index in [0.29, 0.717) is 77.8 Å². The molecule has 372 valence electrons. The molecule has 2 unspecified atom stereocenters. The molecule has 0 saturated heterocycles. The van der Waals surface area contributed by atoms with E-state index in [4.69, 9.17) is 49.9 Å². The van der Waals surface area contributed by atoms with Crippen LogP contribution < -0.4 is 28.3 Å². The number of amides is 1. The van der Waals surface area contributed by atoms with Gasteiger partial charge in [0, 0.05) is 30.2 Å². The number of carbonyl (C=O) groups excluding carboxylic acids is 1. The van der Waals surface area contributed by atoms with Crippen LogP contribution in [0.25, 0.3) is 22.3 Å². The van der Waals surface area contributed by atoms with Gasteiger partial charge in [0.05, 0.1) is 48.7 Å². The van der Waals surface area contributed by atoms with Crippen LogP contribution in [0.2, 0.25) is 0 Å². The van der Waals surface area contributed by atoms with Crippen LogP contribution in [-0.2, 0) is 31.2 Å². The van der Waals surface area contributed by atoms with Gasteiger partial charge in [0.15, 0.2) is 34.0 Å². The molecule has 21 nitrogen and oxygen atoms in total. The number of aliphatic carboxylic acids is 1. The summed E-state index contributed by atoms with van der Waals surface area (Å²) in [7, 11) is -3.19.